The Morgan fingerprint density at radius 1 is 1.15 bits per heavy atom. The van der Waals surface area contributed by atoms with Crippen LogP contribution in [0.3, 0.4) is 0 Å². The van der Waals surface area contributed by atoms with Gasteiger partial charge in [0.25, 0.3) is 0 Å². The summed E-state index contributed by atoms with van der Waals surface area (Å²) in [5.74, 6) is -0.0922. The zero-order valence-electron chi connectivity index (χ0n) is 17.1. The maximum atomic E-state index is 14.6. The minimum absolute atomic E-state index is 0.265. The number of carbonyl (C=O) groups is 2. The fourth-order valence-corrected chi connectivity index (χ4v) is 4.08. The van der Waals surface area contributed by atoms with Gasteiger partial charge in [0.1, 0.15) is 5.82 Å². The van der Waals surface area contributed by atoms with E-state index in [1.807, 2.05) is 19.9 Å². The van der Waals surface area contributed by atoms with Gasteiger partial charge in [-0.15, -0.1) is 0 Å². The molecule has 0 saturated carbocycles. The van der Waals surface area contributed by atoms with Crippen molar-refractivity contribution in [2.24, 2.45) is 11.8 Å². The van der Waals surface area contributed by atoms with E-state index in [4.69, 9.17) is 0 Å². The Bertz CT molecular complexity index is 652. The second kappa shape index (κ2) is 9.86. The molecule has 2 heterocycles. The highest BCUT2D eigenvalue weighted by Gasteiger charge is 2.30. The van der Waals surface area contributed by atoms with E-state index in [9.17, 15) is 14.0 Å². The third kappa shape index (κ3) is 5.53. The van der Waals surface area contributed by atoms with Crippen molar-refractivity contribution in [1.82, 2.24) is 5.32 Å². The highest BCUT2D eigenvalue weighted by atomic mass is 19.1. The zero-order valence-corrected chi connectivity index (χ0v) is 17.1. The van der Waals surface area contributed by atoms with Crippen molar-refractivity contribution in [2.75, 3.05) is 18.0 Å². The van der Waals surface area contributed by atoms with Gasteiger partial charge < -0.3 is 4.90 Å². The maximum absolute atomic E-state index is 14.6. The molecule has 3 rings (SSSR count). The fraction of sp³-hybridized carbons (Fsp3) is 0.636. The Balaban J connectivity index is 0.00000126. The van der Waals surface area contributed by atoms with E-state index in [1.165, 1.54) is 6.42 Å². The van der Waals surface area contributed by atoms with Gasteiger partial charge in [-0.05, 0) is 49.7 Å². The summed E-state index contributed by atoms with van der Waals surface area (Å²) in [4.78, 5) is 25.4. The van der Waals surface area contributed by atoms with Crippen molar-refractivity contribution in [1.29, 1.82) is 0 Å². The number of hydrogen-bond acceptors (Lipinski definition) is 3. The fourth-order valence-electron chi connectivity index (χ4n) is 4.08. The van der Waals surface area contributed by atoms with Crippen molar-refractivity contribution in [2.45, 2.75) is 65.7 Å². The van der Waals surface area contributed by atoms with Gasteiger partial charge in [0.05, 0.1) is 5.92 Å². The largest absolute Gasteiger partial charge is 0.371 e. The first-order valence-corrected chi connectivity index (χ1v) is 10.3. The minimum atomic E-state index is -0.566. The molecule has 2 aliphatic heterocycles. The van der Waals surface area contributed by atoms with Crippen molar-refractivity contribution >= 4 is 17.5 Å². The predicted octanol–water partition coefficient (Wildman–Crippen LogP) is 4.63. The Kier molecular flexibility index (Phi) is 7.81. The summed E-state index contributed by atoms with van der Waals surface area (Å²) in [7, 11) is 0. The van der Waals surface area contributed by atoms with E-state index in [1.54, 1.807) is 12.1 Å². The van der Waals surface area contributed by atoms with Crippen LogP contribution in [0.1, 0.15) is 71.3 Å². The first-order chi connectivity index (χ1) is 12.9. The molecule has 2 amide bonds. The number of nitrogens with one attached hydrogen (secondary N) is 1. The average Bonchev–Trinajstić information content (AvgIpc) is 2.64. The Morgan fingerprint density at radius 2 is 1.81 bits per heavy atom. The minimum Gasteiger partial charge on any atom is -0.371 e. The summed E-state index contributed by atoms with van der Waals surface area (Å²) >= 11 is 0. The lowest BCUT2D eigenvalue weighted by Crippen LogP contribution is -2.39. The van der Waals surface area contributed by atoms with Gasteiger partial charge >= 0.3 is 0 Å². The van der Waals surface area contributed by atoms with Crippen LogP contribution in [0.2, 0.25) is 0 Å². The molecule has 4 nitrogen and oxygen atoms in total. The number of halogens is 1. The van der Waals surface area contributed by atoms with Crippen LogP contribution in [0.15, 0.2) is 18.2 Å². The van der Waals surface area contributed by atoms with Crippen LogP contribution >= 0.6 is 0 Å². The third-order valence-electron chi connectivity index (χ3n) is 5.38. The second-order valence-corrected chi connectivity index (χ2v) is 7.77. The second-order valence-electron chi connectivity index (χ2n) is 7.77. The van der Waals surface area contributed by atoms with Crippen LogP contribution in [0.25, 0.3) is 0 Å². The monoisotopic (exact) mass is 376 g/mol. The Labute approximate surface area is 162 Å². The molecule has 27 heavy (non-hydrogen) atoms. The molecule has 1 aromatic carbocycles. The molecule has 0 aliphatic carbocycles. The lowest BCUT2D eigenvalue weighted by atomic mass is 9.88. The Morgan fingerprint density at radius 3 is 2.37 bits per heavy atom. The van der Waals surface area contributed by atoms with Gasteiger partial charge in [-0.3, -0.25) is 14.9 Å². The van der Waals surface area contributed by atoms with E-state index in [0.717, 1.165) is 43.5 Å². The van der Waals surface area contributed by atoms with Crippen LogP contribution in [0.5, 0.6) is 0 Å². The highest BCUT2D eigenvalue weighted by Crippen LogP contribution is 2.32. The summed E-state index contributed by atoms with van der Waals surface area (Å²) in [5, 5.41) is 2.30. The summed E-state index contributed by atoms with van der Waals surface area (Å²) in [6.07, 6.45) is 4.20. The first kappa shape index (κ1) is 21.4. The van der Waals surface area contributed by atoms with Crippen molar-refractivity contribution in [3.05, 3.63) is 29.6 Å². The normalized spacial score (nSPS) is 21.0. The van der Waals surface area contributed by atoms with Crippen LogP contribution < -0.4 is 10.2 Å². The average molecular weight is 377 g/mol. The van der Waals surface area contributed by atoms with Crippen LogP contribution in [-0.4, -0.2) is 24.9 Å². The number of imide groups is 1. The molecule has 2 aliphatic rings. The lowest BCUT2D eigenvalue weighted by Gasteiger charge is -2.34. The standard InChI is InChI=1S/C20H27FN2O2.C2H6/c1-13(2)11-14-7-9-23(10-8-14)15-3-4-16(18(21)12-15)17-5-6-19(24)22-20(17)25;1-2/h3-4,12-14,17H,5-11H2,1-2H3,(H,22,24,25);1-2H3. The molecule has 5 heteroatoms. The molecule has 0 radical (unpaired) electrons. The number of nitrogens with zero attached hydrogens (tertiary/aromatic N) is 1. The van der Waals surface area contributed by atoms with Crippen molar-refractivity contribution < 1.29 is 14.0 Å². The SMILES string of the molecule is CC.CC(C)CC1CCN(c2ccc(C3CCC(=O)NC3=O)c(F)c2)CC1. The van der Waals surface area contributed by atoms with Gasteiger partial charge in [-0.2, -0.15) is 0 Å². The molecule has 2 saturated heterocycles. The Hall–Kier alpha value is -1.91. The maximum Gasteiger partial charge on any atom is 0.234 e. The van der Waals surface area contributed by atoms with Gasteiger partial charge in [0.2, 0.25) is 11.8 Å². The molecule has 1 aromatic rings. The summed E-state index contributed by atoms with van der Waals surface area (Å²) in [5.41, 5.74) is 1.28. The number of rotatable bonds is 4. The lowest BCUT2D eigenvalue weighted by molar-refractivity contribution is -0.134. The molecular weight excluding hydrogens is 343 g/mol. The van der Waals surface area contributed by atoms with E-state index in [0.29, 0.717) is 12.0 Å². The van der Waals surface area contributed by atoms with E-state index >= 15 is 0 Å². The summed E-state index contributed by atoms with van der Waals surface area (Å²) in [6, 6.07) is 5.16. The van der Waals surface area contributed by atoms with Crippen LogP contribution in [0.4, 0.5) is 10.1 Å². The summed E-state index contributed by atoms with van der Waals surface area (Å²) < 4.78 is 14.6. The number of anilines is 1. The molecule has 1 N–H and O–H groups in total. The van der Waals surface area contributed by atoms with Gasteiger partial charge in [0, 0.05) is 30.8 Å². The predicted molar refractivity (Wildman–Crippen MR) is 107 cm³/mol. The topological polar surface area (TPSA) is 49.4 Å². The molecular formula is C22H33FN2O2. The first-order valence-electron chi connectivity index (χ1n) is 10.3. The molecule has 0 spiro atoms. The van der Waals surface area contributed by atoms with E-state index in [2.05, 4.69) is 24.1 Å². The molecule has 0 aromatic heterocycles. The number of piperidine rings is 2. The number of carbonyl (C=O) groups excluding carboxylic acids is 2. The van der Waals surface area contributed by atoms with Crippen molar-refractivity contribution in [3.63, 3.8) is 0 Å². The molecule has 1 unspecified atom stereocenters. The quantitative estimate of drug-likeness (QED) is 0.779. The molecule has 1 atom stereocenters. The third-order valence-corrected chi connectivity index (χ3v) is 5.38. The number of amides is 2. The van der Waals surface area contributed by atoms with Crippen molar-refractivity contribution in [3.8, 4) is 0 Å². The molecule has 0 bridgehead atoms. The van der Waals surface area contributed by atoms with E-state index < -0.39 is 11.8 Å². The smallest absolute Gasteiger partial charge is 0.234 e. The van der Waals surface area contributed by atoms with E-state index in [-0.39, 0.29) is 18.1 Å². The summed E-state index contributed by atoms with van der Waals surface area (Å²) in [6.45, 7) is 10.4. The van der Waals surface area contributed by atoms with Gasteiger partial charge in [-0.25, -0.2) is 4.39 Å². The van der Waals surface area contributed by atoms with Gasteiger partial charge in [0.15, 0.2) is 0 Å². The van der Waals surface area contributed by atoms with Gasteiger partial charge in [-0.1, -0.05) is 33.8 Å². The molecule has 150 valence electrons. The van der Waals surface area contributed by atoms with Crippen LogP contribution in [0, 0.1) is 17.7 Å². The zero-order chi connectivity index (χ0) is 20.0. The number of hydrogen-bond donors (Lipinski definition) is 1. The molecule has 2 fully saturated rings. The highest BCUT2D eigenvalue weighted by molar-refractivity contribution is 6.00. The van der Waals surface area contributed by atoms with Crippen LogP contribution in [-0.2, 0) is 9.59 Å². The number of benzene rings is 1.